The lowest BCUT2D eigenvalue weighted by Crippen LogP contribution is -2.27. The molecule has 3 nitrogen and oxygen atoms in total. The Kier molecular flexibility index (Phi) is 2.15. The van der Waals surface area contributed by atoms with Gasteiger partial charge in [-0.1, -0.05) is 12.1 Å². The SMILES string of the molecule is C[C@@H]1CC(=O)N(C)c2ccccc2O1. The first kappa shape index (κ1) is 9.06. The molecule has 1 aliphatic rings. The Bertz CT molecular complexity index is 362. The van der Waals surface area contributed by atoms with Crippen molar-refractivity contribution in [2.45, 2.75) is 19.4 Å². The van der Waals surface area contributed by atoms with Gasteiger partial charge in [-0.3, -0.25) is 4.79 Å². The van der Waals surface area contributed by atoms with Crippen molar-refractivity contribution in [1.29, 1.82) is 0 Å². The summed E-state index contributed by atoms with van der Waals surface area (Å²) in [7, 11) is 1.78. The number of carbonyl (C=O) groups excluding carboxylic acids is 1. The Hall–Kier alpha value is -1.51. The van der Waals surface area contributed by atoms with Gasteiger partial charge in [0.2, 0.25) is 5.91 Å². The van der Waals surface area contributed by atoms with Gasteiger partial charge in [0.25, 0.3) is 0 Å². The van der Waals surface area contributed by atoms with E-state index < -0.39 is 0 Å². The van der Waals surface area contributed by atoms with Crippen molar-refractivity contribution in [3.05, 3.63) is 24.3 Å². The summed E-state index contributed by atoms with van der Waals surface area (Å²) < 4.78 is 5.64. The van der Waals surface area contributed by atoms with Gasteiger partial charge in [-0.05, 0) is 19.1 Å². The molecule has 0 spiro atoms. The van der Waals surface area contributed by atoms with Gasteiger partial charge >= 0.3 is 0 Å². The molecule has 1 aromatic carbocycles. The van der Waals surface area contributed by atoms with Crippen LogP contribution < -0.4 is 9.64 Å². The number of hydrogen-bond acceptors (Lipinski definition) is 2. The first-order valence-corrected chi connectivity index (χ1v) is 4.70. The van der Waals surface area contributed by atoms with Crippen LogP contribution in [0, 0.1) is 0 Å². The van der Waals surface area contributed by atoms with E-state index in [-0.39, 0.29) is 12.0 Å². The molecule has 1 amide bonds. The molecule has 0 aromatic heterocycles. The van der Waals surface area contributed by atoms with E-state index in [4.69, 9.17) is 4.74 Å². The van der Waals surface area contributed by atoms with Crippen molar-refractivity contribution in [2.24, 2.45) is 0 Å². The van der Waals surface area contributed by atoms with Gasteiger partial charge < -0.3 is 9.64 Å². The fourth-order valence-corrected chi connectivity index (χ4v) is 1.61. The van der Waals surface area contributed by atoms with E-state index in [1.54, 1.807) is 11.9 Å². The van der Waals surface area contributed by atoms with Crippen molar-refractivity contribution in [2.75, 3.05) is 11.9 Å². The van der Waals surface area contributed by atoms with Crippen molar-refractivity contribution < 1.29 is 9.53 Å². The molecule has 0 radical (unpaired) electrons. The van der Waals surface area contributed by atoms with E-state index in [0.29, 0.717) is 6.42 Å². The smallest absolute Gasteiger partial charge is 0.230 e. The van der Waals surface area contributed by atoms with E-state index in [9.17, 15) is 4.79 Å². The lowest BCUT2D eigenvalue weighted by atomic mass is 10.2. The fourth-order valence-electron chi connectivity index (χ4n) is 1.61. The number of amides is 1. The third-order valence-electron chi connectivity index (χ3n) is 2.39. The highest BCUT2D eigenvalue weighted by atomic mass is 16.5. The summed E-state index contributed by atoms with van der Waals surface area (Å²) in [5.41, 5.74) is 0.849. The maximum absolute atomic E-state index is 11.6. The molecule has 74 valence electrons. The molecular weight excluding hydrogens is 178 g/mol. The van der Waals surface area contributed by atoms with Crippen LogP contribution in [-0.2, 0) is 4.79 Å². The molecule has 1 aromatic rings. The maximum atomic E-state index is 11.6. The van der Waals surface area contributed by atoms with Gasteiger partial charge in [0.15, 0.2) is 0 Å². The summed E-state index contributed by atoms with van der Waals surface area (Å²) >= 11 is 0. The fraction of sp³-hybridized carbons (Fsp3) is 0.364. The van der Waals surface area contributed by atoms with Crippen LogP contribution >= 0.6 is 0 Å². The number of fused-ring (bicyclic) bond motifs is 1. The molecule has 3 heteroatoms. The maximum Gasteiger partial charge on any atom is 0.230 e. The minimum atomic E-state index is -0.0476. The van der Waals surface area contributed by atoms with E-state index in [1.807, 2.05) is 31.2 Å². The second kappa shape index (κ2) is 3.33. The van der Waals surface area contributed by atoms with Crippen LogP contribution in [0.25, 0.3) is 0 Å². The van der Waals surface area contributed by atoms with Crippen LogP contribution in [0.4, 0.5) is 5.69 Å². The molecule has 14 heavy (non-hydrogen) atoms. The number of benzene rings is 1. The number of carbonyl (C=O) groups is 1. The molecule has 0 bridgehead atoms. The lowest BCUT2D eigenvalue weighted by molar-refractivity contribution is -0.119. The predicted molar refractivity (Wildman–Crippen MR) is 54.6 cm³/mol. The monoisotopic (exact) mass is 191 g/mol. The Morgan fingerprint density at radius 3 is 2.93 bits per heavy atom. The zero-order valence-electron chi connectivity index (χ0n) is 8.36. The van der Waals surface area contributed by atoms with Crippen molar-refractivity contribution in [1.82, 2.24) is 0 Å². The van der Waals surface area contributed by atoms with Gasteiger partial charge in [-0.2, -0.15) is 0 Å². The molecule has 0 unspecified atom stereocenters. The van der Waals surface area contributed by atoms with Crippen LogP contribution in [0.3, 0.4) is 0 Å². The molecule has 1 atom stereocenters. The number of rotatable bonds is 0. The third-order valence-corrected chi connectivity index (χ3v) is 2.39. The normalized spacial score (nSPS) is 21.1. The van der Waals surface area contributed by atoms with Crippen LogP contribution in [0.1, 0.15) is 13.3 Å². The molecule has 0 saturated carbocycles. The second-order valence-corrected chi connectivity index (χ2v) is 3.55. The highest BCUT2D eigenvalue weighted by Crippen LogP contribution is 2.31. The molecule has 0 saturated heterocycles. The number of anilines is 1. The number of para-hydroxylation sites is 2. The molecule has 0 N–H and O–H groups in total. The minimum absolute atomic E-state index is 0.0476. The van der Waals surface area contributed by atoms with Crippen molar-refractivity contribution in [3.63, 3.8) is 0 Å². The summed E-state index contributed by atoms with van der Waals surface area (Å²) in [6.07, 6.45) is 0.388. The first-order chi connectivity index (χ1) is 6.68. The summed E-state index contributed by atoms with van der Waals surface area (Å²) in [5, 5.41) is 0. The van der Waals surface area contributed by atoms with E-state index in [1.165, 1.54) is 0 Å². The van der Waals surface area contributed by atoms with Gasteiger partial charge in [0.05, 0.1) is 12.1 Å². The van der Waals surface area contributed by atoms with Crippen LogP contribution in [0.5, 0.6) is 5.75 Å². The quantitative estimate of drug-likeness (QED) is 0.626. The predicted octanol–water partition coefficient (Wildman–Crippen LogP) is 1.82. The van der Waals surface area contributed by atoms with E-state index >= 15 is 0 Å². The minimum Gasteiger partial charge on any atom is -0.488 e. The van der Waals surface area contributed by atoms with Crippen LogP contribution in [0.2, 0.25) is 0 Å². The van der Waals surface area contributed by atoms with Gasteiger partial charge in [-0.15, -0.1) is 0 Å². The third kappa shape index (κ3) is 1.45. The summed E-state index contributed by atoms with van der Waals surface area (Å²) in [6.45, 7) is 1.91. The highest BCUT2D eigenvalue weighted by Gasteiger charge is 2.23. The molecule has 0 fully saturated rings. The van der Waals surface area contributed by atoms with Crippen LogP contribution in [0.15, 0.2) is 24.3 Å². The summed E-state index contributed by atoms with van der Waals surface area (Å²) in [4.78, 5) is 13.3. The number of nitrogens with zero attached hydrogens (tertiary/aromatic N) is 1. The Morgan fingerprint density at radius 2 is 2.14 bits per heavy atom. The molecule has 0 aliphatic carbocycles. The standard InChI is InChI=1S/C11H13NO2/c1-8-7-11(13)12(2)9-5-3-4-6-10(9)14-8/h3-6,8H,7H2,1-2H3/t8-/m1/s1. The zero-order valence-corrected chi connectivity index (χ0v) is 8.36. The van der Waals surface area contributed by atoms with Crippen LogP contribution in [-0.4, -0.2) is 19.1 Å². The molecule has 1 heterocycles. The largest absolute Gasteiger partial charge is 0.488 e. The second-order valence-electron chi connectivity index (χ2n) is 3.55. The molecule has 2 rings (SSSR count). The highest BCUT2D eigenvalue weighted by molar-refractivity contribution is 5.95. The molecule has 1 aliphatic heterocycles. The lowest BCUT2D eigenvalue weighted by Gasteiger charge is -2.15. The van der Waals surface area contributed by atoms with Gasteiger partial charge in [-0.25, -0.2) is 0 Å². The summed E-state index contributed by atoms with van der Waals surface area (Å²) in [5.74, 6) is 0.885. The van der Waals surface area contributed by atoms with Gasteiger partial charge in [0.1, 0.15) is 11.9 Å². The van der Waals surface area contributed by atoms with Gasteiger partial charge in [0, 0.05) is 7.05 Å². The average Bonchev–Trinajstić information content (AvgIpc) is 2.26. The number of hydrogen-bond donors (Lipinski definition) is 0. The van der Waals surface area contributed by atoms with Crippen molar-refractivity contribution in [3.8, 4) is 5.75 Å². The van der Waals surface area contributed by atoms with E-state index in [0.717, 1.165) is 11.4 Å². The Morgan fingerprint density at radius 1 is 1.43 bits per heavy atom. The first-order valence-electron chi connectivity index (χ1n) is 4.70. The Balaban J connectivity index is 2.46. The van der Waals surface area contributed by atoms with Crippen molar-refractivity contribution >= 4 is 11.6 Å². The molecular formula is C11H13NO2. The van der Waals surface area contributed by atoms with E-state index in [2.05, 4.69) is 0 Å². The average molecular weight is 191 g/mol. The summed E-state index contributed by atoms with van der Waals surface area (Å²) in [6, 6.07) is 7.60. The Labute approximate surface area is 83.3 Å². The number of ether oxygens (including phenoxy) is 1. The topological polar surface area (TPSA) is 29.5 Å². The zero-order chi connectivity index (χ0) is 10.1.